The highest BCUT2D eigenvalue weighted by molar-refractivity contribution is 5.97. The normalized spacial score (nSPS) is 37.0. The monoisotopic (exact) mass is 294 g/mol. The van der Waals surface area contributed by atoms with Crippen molar-refractivity contribution in [3.63, 3.8) is 0 Å². The molecule has 21 heavy (non-hydrogen) atoms. The Balaban J connectivity index is 2.23. The molecule has 0 aromatic rings. The summed E-state index contributed by atoms with van der Waals surface area (Å²) in [6, 6.07) is -0.329. The molecular weight excluding hydrogens is 264 g/mol. The Morgan fingerprint density at radius 2 is 1.86 bits per heavy atom. The Bertz CT molecular complexity index is 396. The quantitative estimate of drug-likeness (QED) is 0.847. The van der Waals surface area contributed by atoms with Crippen molar-refractivity contribution in [3.8, 4) is 0 Å². The van der Waals surface area contributed by atoms with Crippen LogP contribution in [-0.2, 0) is 9.59 Å². The largest absolute Gasteiger partial charge is 0.343 e. The first-order valence-electron chi connectivity index (χ1n) is 8.67. The van der Waals surface area contributed by atoms with Gasteiger partial charge in [-0.3, -0.25) is 9.59 Å². The number of amides is 2. The highest BCUT2D eigenvalue weighted by Gasteiger charge is 2.46. The number of carbonyl (C=O) groups excluding carboxylic acids is 2. The van der Waals surface area contributed by atoms with Gasteiger partial charge in [0.25, 0.3) is 0 Å². The SMILES string of the molecule is CCCC1NC(=O)C(CC)N(C2CCC(CC)C2C)C1=O. The lowest BCUT2D eigenvalue weighted by molar-refractivity contribution is -0.153. The first-order chi connectivity index (χ1) is 10.0. The zero-order valence-corrected chi connectivity index (χ0v) is 13.9. The number of piperazine rings is 1. The van der Waals surface area contributed by atoms with Crippen LogP contribution in [0.1, 0.15) is 66.2 Å². The van der Waals surface area contributed by atoms with E-state index in [4.69, 9.17) is 0 Å². The number of hydrogen-bond acceptors (Lipinski definition) is 2. The fourth-order valence-electron chi connectivity index (χ4n) is 4.24. The molecule has 0 radical (unpaired) electrons. The van der Waals surface area contributed by atoms with E-state index in [2.05, 4.69) is 26.1 Å². The maximum Gasteiger partial charge on any atom is 0.246 e. The van der Waals surface area contributed by atoms with Crippen LogP contribution in [0.4, 0.5) is 0 Å². The summed E-state index contributed by atoms with van der Waals surface area (Å²) in [6.45, 7) is 8.54. The van der Waals surface area contributed by atoms with Crippen LogP contribution in [0, 0.1) is 11.8 Å². The molecule has 1 saturated carbocycles. The molecule has 2 fully saturated rings. The minimum Gasteiger partial charge on any atom is -0.343 e. The number of hydrogen-bond donors (Lipinski definition) is 1. The fraction of sp³-hybridized carbons (Fsp3) is 0.882. The van der Waals surface area contributed by atoms with Crippen LogP contribution in [-0.4, -0.2) is 34.8 Å². The zero-order valence-electron chi connectivity index (χ0n) is 13.9. The van der Waals surface area contributed by atoms with Crippen LogP contribution in [0.15, 0.2) is 0 Å². The van der Waals surface area contributed by atoms with Crippen molar-refractivity contribution < 1.29 is 9.59 Å². The molecule has 0 aromatic carbocycles. The average molecular weight is 294 g/mol. The Labute approximate surface area is 128 Å². The van der Waals surface area contributed by atoms with Gasteiger partial charge in [-0.1, -0.05) is 40.5 Å². The second kappa shape index (κ2) is 6.80. The van der Waals surface area contributed by atoms with Crippen molar-refractivity contribution in [1.29, 1.82) is 0 Å². The summed E-state index contributed by atoms with van der Waals surface area (Å²) in [6.07, 6.45) is 5.77. The van der Waals surface area contributed by atoms with Gasteiger partial charge < -0.3 is 10.2 Å². The van der Waals surface area contributed by atoms with E-state index in [1.807, 2.05) is 11.8 Å². The van der Waals surface area contributed by atoms with Gasteiger partial charge >= 0.3 is 0 Å². The summed E-state index contributed by atoms with van der Waals surface area (Å²) in [4.78, 5) is 27.2. The molecule has 2 rings (SSSR count). The van der Waals surface area contributed by atoms with E-state index in [-0.39, 0.29) is 29.9 Å². The van der Waals surface area contributed by atoms with E-state index in [1.54, 1.807) is 0 Å². The fourth-order valence-corrected chi connectivity index (χ4v) is 4.24. The second-order valence-corrected chi connectivity index (χ2v) is 6.69. The third-order valence-corrected chi connectivity index (χ3v) is 5.54. The smallest absolute Gasteiger partial charge is 0.246 e. The van der Waals surface area contributed by atoms with E-state index in [0.29, 0.717) is 18.3 Å². The maximum absolute atomic E-state index is 12.9. The van der Waals surface area contributed by atoms with E-state index in [1.165, 1.54) is 12.8 Å². The van der Waals surface area contributed by atoms with Crippen LogP contribution in [0.5, 0.6) is 0 Å². The van der Waals surface area contributed by atoms with Gasteiger partial charge in [-0.15, -0.1) is 0 Å². The third kappa shape index (κ3) is 2.95. The van der Waals surface area contributed by atoms with Gasteiger partial charge in [-0.2, -0.15) is 0 Å². The predicted molar refractivity (Wildman–Crippen MR) is 83.7 cm³/mol. The number of carbonyl (C=O) groups is 2. The van der Waals surface area contributed by atoms with Gasteiger partial charge in [0.1, 0.15) is 12.1 Å². The highest BCUT2D eigenvalue weighted by atomic mass is 16.2. The van der Waals surface area contributed by atoms with Gasteiger partial charge in [0.2, 0.25) is 11.8 Å². The van der Waals surface area contributed by atoms with E-state index < -0.39 is 0 Å². The van der Waals surface area contributed by atoms with Crippen molar-refractivity contribution in [3.05, 3.63) is 0 Å². The van der Waals surface area contributed by atoms with Crippen LogP contribution in [0.25, 0.3) is 0 Å². The molecule has 120 valence electrons. The Morgan fingerprint density at radius 3 is 2.38 bits per heavy atom. The first kappa shape index (κ1) is 16.3. The molecule has 1 heterocycles. The van der Waals surface area contributed by atoms with Crippen LogP contribution in [0.2, 0.25) is 0 Å². The summed E-state index contributed by atoms with van der Waals surface area (Å²) in [5.41, 5.74) is 0. The number of nitrogens with zero attached hydrogens (tertiary/aromatic N) is 1. The lowest BCUT2D eigenvalue weighted by Crippen LogP contribution is -2.66. The molecule has 4 heteroatoms. The number of nitrogens with one attached hydrogen (secondary N) is 1. The highest BCUT2D eigenvalue weighted by Crippen LogP contribution is 2.39. The van der Waals surface area contributed by atoms with Gasteiger partial charge in [0, 0.05) is 6.04 Å². The first-order valence-corrected chi connectivity index (χ1v) is 8.67. The van der Waals surface area contributed by atoms with Crippen molar-refractivity contribution in [2.75, 3.05) is 0 Å². The number of rotatable bonds is 5. The topological polar surface area (TPSA) is 49.4 Å². The van der Waals surface area contributed by atoms with Gasteiger partial charge in [0.15, 0.2) is 0 Å². The van der Waals surface area contributed by atoms with E-state index in [0.717, 1.165) is 19.3 Å². The van der Waals surface area contributed by atoms with Crippen LogP contribution in [0.3, 0.4) is 0 Å². The molecule has 5 unspecified atom stereocenters. The van der Waals surface area contributed by atoms with Crippen molar-refractivity contribution in [2.24, 2.45) is 11.8 Å². The van der Waals surface area contributed by atoms with Gasteiger partial charge in [-0.25, -0.2) is 0 Å². The molecule has 1 aliphatic carbocycles. The van der Waals surface area contributed by atoms with Gasteiger partial charge in [0.05, 0.1) is 0 Å². The van der Waals surface area contributed by atoms with Crippen molar-refractivity contribution >= 4 is 11.8 Å². The second-order valence-electron chi connectivity index (χ2n) is 6.69. The Morgan fingerprint density at radius 1 is 1.14 bits per heavy atom. The lowest BCUT2D eigenvalue weighted by Gasteiger charge is -2.44. The molecule has 4 nitrogen and oxygen atoms in total. The summed E-state index contributed by atoms with van der Waals surface area (Å²) >= 11 is 0. The zero-order chi connectivity index (χ0) is 15.6. The summed E-state index contributed by atoms with van der Waals surface area (Å²) < 4.78 is 0. The summed E-state index contributed by atoms with van der Waals surface area (Å²) in [5, 5.41) is 2.93. The Kier molecular flexibility index (Phi) is 5.28. The third-order valence-electron chi connectivity index (χ3n) is 5.54. The van der Waals surface area contributed by atoms with Crippen LogP contribution >= 0.6 is 0 Å². The standard InChI is InChI=1S/C17H30N2O2/c1-5-8-13-17(21)19(14(7-3)16(20)18-13)15-10-9-12(6-2)11(15)4/h11-15H,5-10H2,1-4H3,(H,18,20). The van der Waals surface area contributed by atoms with Crippen LogP contribution < -0.4 is 5.32 Å². The van der Waals surface area contributed by atoms with E-state index >= 15 is 0 Å². The summed E-state index contributed by atoms with van der Waals surface area (Å²) in [5.74, 6) is 1.38. The van der Waals surface area contributed by atoms with Crippen molar-refractivity contribution in [2.45, 2.75) is 84.3 Å². The minimum atomic E-state index is -0.307. The average Bonchev–Trinajstić information content (AvgIpc) is 2.83. The molecule has 0 aromatic heterocycles. The molecule has 1 N–H and O–H groups in total. The van der Waals surface area contributed by atoms with Gasteiger partial charge in [-0.05, 0) is 37.5 Å². The predicted octanol–water partition coefficient (Wildman–Crippen LogP) is 2.72. The molecule has 2 aliphatic rings. The molecule has 5 atom stereocenters. The molecule has 1 saturated heterocycles. The molecule has 0 bridgehead atoms. The lowest BCUT2D eigenvalue weighted by atomic mass is 9.90. The Hall–Kier alpha value is -1.06. The summed E-state index contributed by atoms with van der Waals surface area (Å²) in [7, 11) is 0. The van der Waals surface area contributed by atoms with Crippen molar-refractivity contribution in [1.82, 2.24) is 10.2 Å². The molecule has 2 amide bonds. The molecular formula is C17H30N2O2. The maximum atomic E-state index is 12.9. The molecule has 0 spiro atoms. The minimum absolute atomic E-state index is 0.0442. The molecule has 1 aliphatic heterocycles. The van der Waals surface area contributed by atoms with E-state index in [9.17, 15) is 9.59 Å².